The number of nitrogens with one attached hydrogen (secondary N) is 1. The molecule has 19 heavy (non-hydrogen) atoms. The number of nitrogens with zero attached hydrogens (tertiary/aromatic N) is 2. The highest BCUT2D eigenvalue weighted by Gasteiger charge is 2.11. The van der Waals surface area contributed by atoms with Gasteiger partial charge in [0.2, 0.25) is 0 Å². The highest BCUT2D eigenvalue weighted by atomic mass is 19.1. The summed E-state index contributed by atoms with van der Waals surface area (Å²) in [5.41, 5.74) is 1.84. The maximum atomic E-state index is 13.1. The number of anilines is 1. The molecule has 1 aromatic carbocycles. The van der Waals surface area contributed by atoms with E-state index in [1.54, 1.807) is 6.07 Å². The van der Waals surface area contributed by atoms with E-state index in [1.807, 2.05) is 30.9 Å². The first-order valence-electron chi connectivity index (χ1n) is 6.26. The first kappa shape index (κ1) is 13.4. The van der Waals surface area contributed by atoms with Crippen molar-refractivity contribution in [2.45, 2.75) is 26.4 Å². The molecule has 0 saturated heterocycles. The Labute approximate surface area is 112 Å². The van der Waals surface area contributed by atoms with E-state index in [0.717, 1.165) is 17.8 Å². The highest BCUT2D eigenvalue weighted by Crippen LogP contribution is 2.28. The van der Waals surface area contributed by atoms with Gasteiger partial charge in [-0.05, 0) is 26.0 Å². The summed E-state index contributed by atoms with van der Waals surface area (Å²) in [6.45, 7) is 4.91. The number of rotatable bonds is 5. The number of aryl methyl sites for hydroxylation is 1. The molecule has 0 bridgehead atoms. The average molecular weight is 263 g/mol. The number of aromatic nitrogens is 2. The van der Waals surface area contributed by atoms with Crippen LogP contribution in [0.4, 0.5) is 10.1 Å². The van der Waals surface area contributed by atoms with Gasteiger partial charge in [-0.15, -0.1) is 0 Å². The van der Waals surface area contributed by atoms with Gasteiger partial charge in [-0.1, -0.05) is 0 Å². The van der Waals surface area contributed by atoms with Crippen LogP contribution in [0.5, 0.6) is 5.75 Å². The van der Waals surface area contributed by atoms with Crippen molar-refractivity contribution in [3.05, 3.63) is 42.0 Å². The van der Waals surface area contributed by atoms with Gasteiger partial charge in [0.15, 0.2) is 0 Å². The van der Waals surface area contributed by atoms with E-state index < -0.39 is 0 Å². The van der Waals surface area contributed by atoms with Crippen molar-refractivity contribution < 1.29 is 9.13 Å². The van der Waals surface area contributed by atoms with Crippen LogP contribution in [0, 0.1) is 5.82 Å². The van der Waals surface area contributed by atoms with Crippen LogP contribution in [0.2, 0.25) is 0 Å². The Bertz CT molecular complexity index is 553. The van der Waals surface area contributed by atoms with Crippen LogP contribution in [-0.4, -0.2) is 16.9 Å². The van der Waals surface area contributed by atoms with Gasteiger partial charge in [-0.2, -0.15) is 5.10 Å². The molecule has 0 spiro atoms. The Morgan fingerprint density at radius 2 is 2.26 bits per heavy atom. The van der Waals surface area contributed by atoms with E-state index in [2.05, 4.69) is 10.4 Å². The minimum Gasteiger partial charge on any atom is -0.494 e. The molecule has 102 valence electrons. The molecule has 5 heteroatoms. The predicted molar refractivity (Wildman–Crippen MR) is 72.9 cm³/mol. The van der Waals surface area contributed by atoms with Crippen LogP contribution in [0.1, 0.15) is 25.5 Å². The fraction of sp³-hybridized carbons (Fsp3) is 0.357. The van der Waals surface area contributed by atoms with Gasteiger partial charge in [0.05, 0.1) is 25.0 Å². The third kappa shape index (κ3) is 3.05. The summed E-state index contributed by atoms with van der Waals surface area (Å²) >= 11 is 0. The monoisotopic (exact) mass is 263 g/mol. The minimum absolute atomic E-state index is 0.0691. The molecule has 0 aliphatic rings. The lowest BCUT2D eigenvalue weighted by molar-refractivity contribution is 0.412. The molecule has 1 heterocycles. The molecule has 1 atom stereocenters. The molecule has 1 unspecified atom stereocenters. The van der Waals surface area contributed by atoms with Gasteiger partial charge in [0.25, 0.3) is 0 Å². The Hall–Kier alpha value is -2.04. The second kappa shape index (κ2) is 5.73. The molecule has 0 amide bonds. The van der Waals surface area contributed by atoms with Gasteiger partial charge in [0, 0.05) is 24.4 Å². The summed E-state index contributed by atoms with van der Waals surface area (Å²) in [6.07, 6.45) is 3.82. The number of hydrogen-bond acceptors (Lipinski definition) is 3. The molecule has 1 N–H and O–H groups in total. The largest absolute Gasteiger partial charge is 0.494 e. The number of hydrogen-bond donors (Lipinski definition) is 1. The SMILES string of the molecule is CCn1cc(C(C)Nc2ccc(F)cc2OC)cn1. The zero-order valence-electron chi connectivity index (χ0n) is 11.4. The molecular formula is C14H18FN3O. The second-order valence-corrected chi connectivity index (χ2v) is 4.34. The molecule has 0 fully saturated rings. The maximum absolute atomic E-state index is 13.1. The fourth-order valence-electron chi connectivity index (χ4n) is 1.88. The smallest absolute Gasteiger partial charge is 0.144 e. The van der Waals surface area contributed by atoms with Crippen LogP contribution in [0.25, 0.3) is 0 Å². The number of ether oxygens (including phenoxy) is 1. The van der Waals surface area contributed by atoms with Gasteiger partial charge in [-0.3, -0.25) is 4.68 Å². The van der Waals surface area contributed by atoms with E-state index >= 15 is 0 Å². The van der Waals surface area contributed by atoms with Gasteiger partial charge in [-0.25, -0.2) is 4.39 Å². The standard InChI is InChI=1S/C14H18FN3O/c1-4-18-9-11(8-16-18)10(2)17-13-6-5-12(15)7-14(13)19-3/h5-10,17H,4H2,1-3H3. The summed E-state index contributed by atoms with van der Waals surface area (Å²) in [6, 6.07) is 4.52. The third-order valence-electron chi connectivity index (χ3n) is 3.01. The summed E-state index contributed by atoms with van der Waals surface area (Å²) in [5, 5.41) is 7.54. The molecule has 0 aliphatic heterocycles. The van der Waals surface area contributed by atoms with Crippen molar-refractivity contribution in [3.63, 3.8) is 0 Å². The first-order chi connectivity index (χ1) is 9.13. The van der Waals surface area contributed by atoms with Crippen molar-refractivity contribution in [1.82, 2.24) is 9.78 Å². The fourth-order valence-corrected chi connectivity index (χ4v) is 1.88. The predicted octanol–water partition coefficient (Wildman–Crippen LogP) is 3.22. The van der Waals surface area contributed by atoms with Crippen molar-refractivity contribution in [3.8, 4) is 5.75 Å². The van der Waals surface area contributed by atoms with Crippen LogP contribution in [-0.2, 0) is 6.54 Å². The van der Waals surface area contributed by atoms with E-state index in [4.69, 9.17) is 4.74 Å². The number of halogens is 1. The molecule has 1 aromatic heterocycles. The summed E-state index contributed by atoms with van der Waals surface area (Å²) < 4.78 is 20.2. The van der Waals surface area contributed by atoms with Crippen molar-refractivity contribution >= 4 is 5.69 Å². The van der Waals surface area contributed by atoms with E-state index in [9.17, 15) is 4.39 Å². The van der Waals surface area contributed by atoms with Crippen LogP contribution in [0.3, 0.4) is 0 Å². The van der Waals surface area contributed by atoms with E-state index in [0.29, 0.717) is 5.75 Å². The lowest BCUT2D eigenvalue weighted by Crippen LogP contribution is -2.07. The summed E-state index contributed by atoms with van der Waals surface area (Å²) in [5.74, 6) is 0.184. The average Bonchev–Trinajstić information content (AvgIpc) is 2.89. The Morgan fingerprint density at radius 3 is 2.89 bits per heavy atom. The minimum atomic E-state index is -0.311. The van der Waals surface area contributed by atoms with E-state index in [1.165, 1.54) is 19.2 Å². The Balaban J connectivity index is 2.16. The summed E-state index contributed by atoms with van der Waals surface area (Å²) in [7, 11) is 1.53. The number of benzene rings is 1. The van der Waals surface area contributed by atoms with Crippen LogP contribution in [0.15, 0.2) is 30.6 Å². The molecule has 0 radical (unpaired) electrons. The van der Waals surface area contributed by atoms with Gasteiger partial charge in [0.1, 0.15) is 11.6 Å². The molecule has 2 aromatic rings. The quantitative estimate of drug-likeness (QED) is 0.900. The third-order valence-corrected chi connectivity index (χ3v) is 3.01. The molecule has 4 nitrogen and oxygen atoms in total. The molecule has 2 rings (SSSR count). The lowest BCUT2D eigenvalue weighted by Gasteiger charge is -2.16. The maximum Gasteiger partial charge on any atom is 0.144 e. The highest BCUT2D eigenvalue weighted by molar-refractivity contribution is 5.57. The first-order valence-corrected chi connectivity index (χ1v) is 6.26. The van der Waals surface area contributed by atoms with Crippen molar-refractivity contribution in [2.24, 2.45) is 0 Å². The zero-order chi connectivity index (χ0) is 13.8. The van der Waals surface area contributed by atoms with Crippen molar-refractivity contribution in [1.29, 1.82) is 0 Å². The summed E-state index contributed by atoms with van der Waals surface area (Å²) in [4.78, 5) is 0. The second-order valence-electron chi connectivity index (χ2n) is 4.34. The molecule has 0 saturated carbocycles. The van der Waals surface area contributed by atoms with Gasteiger partial charge < -0.3 is 10.1 Å². The van der Waals surface area contributed by atoms with E-state index in [-0.39, 0.29) is 11.9 Å². The topological polar surface area (TPSA) is 39.1 Å². The zero-order valence-corrected chi connectivity index (χ0v) is 11.4. The van der Waals surface area contributed by atoms with Crippen LogP contribution >= 0.6 is 0 Å². The molecule has 0 aliphatic carbocycles. The van der Waals surface area contributed by atoms with Crippen molar-refractivity contribution in [2.75, 3.05) is 12.4 Å². The van der Waals surface area contributed by atoms with Gasteiger partial charge >= 0.3 is 0 Å². The molecular weight excluding hydrogens is 245 g/mol. The Kier molecular flexibility index (Phi) is 4.04. The lowest BCUT2D eigenvalue weighted by atomic mass is 10.1. The number of methoxy groups -OCH3 is 1. The Morgan fingerprint density at radius 1 is 1.47 bits per heavy atom. The van der Waals surface area contributed by atoms with Crippen LogP contribution < -0.4 is 10.1 Å². The normalized spacial score (nSPS) is 12.2.